The average Bonchev–Trinajstić information content (AvgIpc) is 2.32. The van der Waals surface area contributed by atoms with Crippen molar-refractivity contribution in [1.29, 1.82) is 0 Å². The molecule has 0 aliphatic carbocycles. The fraction of sp³-hybridized carbons (Fsp3) is 0.667. The zero-order chi connectivity index (χ0) is 9.68. The Bertz CT molecular complexity index is 192. The molecule has 4 heteroatoms. The van der Waals surface area contributed by atoms with Gasteiger partial charge in [-0.2, -0.15) is 0 Å². The van der Waals surface area contributed by atoms with Gasteiger partial charge in [-0.25, -0.2) is 4.79 Å². The van der Waals surface area contributed by atoms with Crippen LogP contribution in [0.5, 0.6) is 0 Å². The van der Waals surface area contributed by atoms with Crippen LogP contribution in [0.4, 0.5) is 0 Å². The Kier molecular flexibility index (Phi) is 3.92. The molecule has 1 atom stereocenters. The van der Waals surface area contributed by atoms with Crippen LogP contribution >= 0.6 is 0 Å². The molecule has 1 saturated heterocycles. The summed E-state index contributed by atoms with van der Waals surface area (Å²) < 4.78 is 15.3. The molecule has 74 valence electrons. The molecule has 1 unspecified atom stereocenters. The van der Waals surface area contributed by atoms with Gasteiger partial charge in [0.05, 0.1) is 6.61 Å². The molecule has 0 bridgehead atoms. The minimum atomic E-state index is -0.577. The molecule has 0 aromatic heterocycles. The van der Waals surface area contributed by atoms with Gasteiger partial charge in [0.1, 0.15) is 6.61 Å². The lowest BCUT2D eigenvalue weighted by atomic mass is 10.4. The topological polar surface area (TPSA) is 44.8 Å². The largest absolute Gasteiger partial charge is 0.430 e. The zero-order valence-corrected chi connectivity index (χ0v) is 7.75. The van der Waals surface area contributed by atoms with E-state index in [2.05, 4.69) is 6.58 Å². The molecule has 1 rings (SSSR count). The summed E-state index contributed by atoms with van der Waals surface area (Å²) >= 11 is 0. The van der Waals surface area contributed by atoms with Crippen molar-refractivity contribution < 1.29 is 19.0 Å². The van der Waals surface area contributed by atoms with E-state index in [0.29, 0.717) is 25.4 Å². The number of hydrogen-bond acceptors (Lipinski definition) is 4. The van der Waals surface area contributed by atoms with Crippen molar-refractivity contribution in [2.75, 3.05) is 19.8 Å². The van der Waals surface area contributed by atoms with Gasteiger partial charge in [-0.3, -0.25) is 0 Å². The first-order valence-corrected chi connectivity index (χ1v) is 4.26. The molecule has 0 spiro atoms. The monoisotopic (exact) mass is 186 g/mol. The van der Waals surface area contributed by atoms with Crippen LogP contribution in [-0.2, 0) is 19.0 Å². The molecule has 0 radical (unpaired) electrons. The highest BCUT2D eigenvalue weighted by atomic mass is 16.7. The Balaban J connectivity index is 2.33. The van der Waals surface area contributed by atoms with E-state index in [9.17, 15) is 4.79 Å². The summed E-state index contributed by atoms with van der Waals surface area (Å²) in [6, 6.07) is 0. The normalized spacial score (nSPS) is 23.3. The first kappa shape index (κ1) is 10.2. The van der Waals surface area contributed by atoms with Gasteiger partial charge in [-0.1, -0.05) is 6.58 Å². The van der Waals surface area contributed by atoms with Gasteiger partial charge in [0.2, 0.25) is 6.29 Å². The first-order chi connectivity index (χ1) is 6.20. The van der Waals surface area contributed by atoms with E-state index in [0.717, 1.165) is 6.42 Å². The number of carbonyl (C=O) groups excluding carboxylic acids is 1. The maximum Gasteiger partial charge on any atom is 0.335 e. The summed E-state index contributed by atoms with van der Waals surface area (Å²) in [4.78, 5) is 11.1. The van der Waals surface area contributed by atoms with E-state index < -0.39 is 12.3 Å². The first-order valence-electron chi connectivity index (χ1n) is 4.26. The van der Waals surface area contributed by atoms with Crippen LogP contribution < -0.4 is 0 Å². The molecule has 0 N–H and O–H groups in total. The lowest BCUT2D eigenvalue weighted by Gasteiger charge is -2.14. The number of carbonyl (C=O) groups is 1. The third-order valence-corrected chi connectivity index (χ3v) is 1.58. The molecule has 0 saturated carbocycles. The second-order valence-electron chi connectivity index (χ2n) is 2.91. The Morgan fingerprint density at radius 2 is 2.31 bits per heavy atom. The van der Waals surface area contributed by atoms with Crippen LogP contribution in [0.3, 0.4) is 0 Å². The van der Waals surface area contributed by atoms with Gasteiger partial charge in [-0.05, 0) is 13.3 Å². The summed E-state index contributed by atoms with van der Waals surface area (Å²) in [5.74, 6) is -0.435. The number of esters is 1. The Labute approximate surface area is 77.5 Å². The summed E-state index contributed by atoms with van der Waals surface area (Å²) in [5, 5.41) is 0. The third kappa shape index (κ3) is 3.57. The molecule has 4 nitrogen and oxygen atoms in total. The Morgan fingerprint density at radius 1 is 1.54 bits per heavy atom. The molecular weight excluding hydrogens is 172 g/mol. The molecule has 0 aromatic rings. The van der Waals surface area contributed by atoms with Crippen molar-refractivity contribution in [2.45, 2.75) is 19.6 Å². The summed E-state index contributed by atoms with van der Waals surface area (Å²) in [6.45, 7) is 6.59. The second kappa shape index (κ2) is 4.99. The summed E-state index contributed by atoms with van der Waals surface area (Å²) in [7, 11) is 0. The Morgan fingerprint density at radius 3 is 3.00 bits per heavy atom. The molecular formula is C9H14O4. The molecule has 1 aliphatic rings. The lowest BCUT2D eigenvalue weighted by molar-refractivity contribution is -0.179. The highest BCUT2D eigenvalue weighted by molar-refractivity contribution is 5.87. The zero-order valence-electron chi connectivity index (χ0n) is 7.75. The molecule has 0 aromatic carbocycles. The Hall–Kier alpha value is -0.870. The van der Waals surface area contributed by atoms with Crippen molar-refractivity contribution in [3.8, 4) is 0 Å². The van der Waals surface area contributed by atoms with Gasteiger partial charge in [0.25, 0.3) is 0 Å². The van der Waals surface area contributed by atoms with Crippen LogP contribution in [0.15, 0.2) is 12.2 Å². The van der Waals surface area contributed by atoms with Crippen molar-refractivity contribution in [2.24, 2.45) is 0 Å². The van der Waals surface area contributed by atoms with Crippen LogP contribution in [0, 0.1) is 0 Å². The van der Waals surface area contributed by atoms with Gasteiger partial charge >= 0.3 is 5.97 Å². The van der Waals surface area contributed by atoms with Crippen LogP contribution in [0.2, 0.25) is 0 Å². The van der Waals surface area contributed by atoms with E-state index in [4.69, 9.17) is 14.2 Å². The summed E-state index contributed by atoms with van der Waals surface area (Å²) in [5.41, 5.74) is 0.368. The van der Waals surface area contributed by atoms with Crippen molar-refractivity contribution in [3.63, 3.8) is 0 Å². The minimum absolute atomic E-state index is 0.305. The van der Waals surface area contributed by atoms with E-state index >= 15 is 0 Å². The SMILES string of the molecule is C=C(C)C(=O)OC1COCCCO1. The molecule has 0 amide bonds. The fourth-order valence-electron chi connectivity index (χ4n) is 0.891. The smallest absolute Gasteiger partial charge is 0.335 e. The van der Waals surface area contributed by atoms with Gasteiger partial charge < -0.3 is 14.2 Å². The average molecular weight is 186 g/mol. The number of ether oxygens (including phenoxy) is 3. The van der Waals surface area contributed by atoms with Crippen molar-refractivity contribution in [1.82, 2.24) is 0 Å². The van der Waals surface area contributed by atoms with E-state index in [1.807, 2.05) is 0 Å². The van der Waals surface area contributed by atoms with Gasteiger partial charge in [0.15, 0.2) is 0 Å². The quantitative estimate of drug-likeness (QED) is 0.474. The van der Waals surface area contributed by atoms with E-state index in [1.165, 1.54) is 0 Å². The standard InChI is InChI=1S/C9H14O4/c1-7(2)9(10)13-8-6-11-4-3-5-12-8/h8H,1,3-6H2,2H3. The molecule has 13 heavy (non-hydrogen) atoms. The van der Waals surface area contributed by atoms with Gasteiger partial charge in [0, 0.05) is 12.2 Å². The molecule has 1 aliphatic heterocycles. The van der Waals surface area contributed by atoms with Crippen LogP contribution in [0.1, 0.15) is 13.3 Å². The van der Waals surface area contributed by atoms with Gasteiger partial charge in [-0.15, -0.1) is 0 Å². The number of hydrogen-bond donors (Lipinski definition) is 0. The van der Waals surface area contributed by atoms with Crippen molar-refractivity contribution >= 4 is 5.97 Å². The lowest BCUT2D eigenvalue weighted by Crippen LogP contribution is -2.25. The maximum atomic E-state index is 11.1. The van der Waals surface area contributed by atoms with Crippen LogP contribution in [0.25, 0.3) is 0 Å². The number of rotatable bonds is 2. The summed E-state index contributed by atoms with van der Waals surface area (Å²) in [6.07, 6.45) is 0.257. The highest BCUT2D eigenvalue weighted by Crippen LogP contribution is 2.05. The molecule has 1 fully saturated rings. The predicted octanol–water partition coefficient (Wildman–Crippen LogP) is 0.869. The van der Waals surface area contributed by atoms with Crippen molar-refractivity contribution in [3.05, 3.63) is 12.2 Å². The third-order valence-electron chi connectivity index (χ3n) is 1.58. The molecule has 1 heterocycles. The van der Waals surface area contributed by atoms with Crippen LogP contribution in [-0.4, -0.2) is 32.1 Å². The van der Waals surface area contributed by atoms with E-state index in [1.54, 1.807) is 6.92 Å². The highest BCUT2D eigenvalue weighted by Gasteiger charge is 2.17. The van der Waals surface area contributed by atoms with E-state index in [-0.39, 0.29) is 0 Å². The second-order valence-corrected chi connectivity index (χ2v) is 2.91. The maximum absolute atomic E-state index is 11.1. The minimum Gasteiger partial charge on any atom is -0.430 e. The fourth-order valence-corrected chi connectivity index (χ4v) is 0.891. The predicted molar refractivity (Wildman–Crippen MR) is 46.1 cm³/mol.